The summed E-state index contributed by atoms with van der Waals surface area (Å²) < 4.78 is 16.8. The molecule has 1 fully saturated rings. The van der Waals surface area contributed by atoms with Crippen molar-refractivity contribution in [3.05, 3.63) is 74.3 Å². The van der Waals surface area contributed by atoms with E-state index in [1.807, 2.05) is 6.07 Å². The number of pyridine rings is 1. The van der Waals surface area contributed by atoms with E-state index in [1.54, 1.807) is 35.8 Å². The Balaban J connectivity index is 1.93. The number of carbonyl (C=O) groups excluding carboxylic acids is 1. The number of halogens is 2. The number of nitrogens with zero attached hydrogens (tertiary/aromatic N) is 1. The van der Waals surface area contributed by atoms with Gasteiger partial charge in [0.15, 0.2) is 5.82 Å². The van der Waals surface area contributed by atoms with Crippen molar-refractivity contribution in [2.75, 3.05) is 5.32 Å². The molecular formula is C22H18ClFN2O4. The number of hydrogen-bond donors (Lipinski definition) is 2. The Morgan fingerprint density at radius 1 is 1.27 bits per heavy atom. The molecular weight excluding hydrogens is 411 g/mol. The Morgan fingerprint density at radius 2 is 1.93 bits per heavy atom. The molecule has 0 saturated heterocycles. The number of rotatable bonds is 5. The molecule has 1 aliphatic rings. The lowest BCUT2D eigenvalue weighted by Gasteiger charge is -2.19. The summed E-state index contributed by atoms with van der Waals surface area (Å²) in [6.07, 6.45) is 2.85. The molecule has 0 atom stereocenters. The average Bonchev–Trinajstić information content (AvgIpc) is 3.55. The molecule has 154 valence electrons. The summed E-state index contributed by atoms with van der Waals surface area (Å²) in [4.78, 5) is 37.2. The molecule has 3 aromatic rings. The van der Waals surface area contributed by atoms with E-state index < -0.39 is 28.7 Å². The highest BCUT2D eigenvalue weighted by Gasteiger charge is 2.31. The lowest BCUT2D eigenvalue weighted by molar-refractivity contribution is -0.115. The zero-order valence-electron chi connectivity index (χ0n) is 16.0. The molecule has 0 spiro atoms. The Bertz CT molecular complexity index is 1250. The van der Waals surface area contributed by atoms with Crippen molar-refractivity contribution in [1.29, 1.82) is 0 Å². The summed E-state index contributed by atoms with van der Waals surface area (Å²) in [7, 11) is 0. The SMILES string of the molecule is Cc1c(Cl)c(F)c(NC(=O)Cc2ccccc2)c2c(=O)c(C(=O)O)cn(C3CC3)c12. The predicted octanol–water partition coefficient (Wildman–Crippen LogP) is 4.32. The van der Waals surface area contributed by atoms with Crippen LogP contribution < -0.4 is 10.7 Å². The number of nitrogens with one attached hydrogen (secondary N) is 1. The standard InChI is InChI=1S/C22H18ClFN2O4/c1-11-17(23)18(24)19(25-15(27)9-12-5-3-2-4-6-12)16-20(11)26(13-7-8-13)10-14(21(16)28)22(29)30/h2-6,10,13H,7-9H2,1H3,(H,25,27)(H,29,30). The lowest BCUT2D eigenvalue weighted by Crippen LogP contribution is -2.23. The van der Waals surface area contributed by atoms with E-state index in [0.717, 1.165) is 12.8 Å². The molecule has 1 saturated carbocycles. The topological polar surface area (TPSA) is 88.4 Å². The third kappa shape index (κ3) is 3.45. The van der Waals surface area contributed by atoms with E-state index in [4.69, 9.17) is 11.6 Å². The van der Waals surface area contributed by atoms with Gasteiger partial charge >= 0.3 is 5.97 Å². The average molecular weight is 429 g/mol. The van der Waals surface area contributed by atoms with Crippen molar-refractivity contribution in [2.24, 2.45) is 0 Å². The van der Waals surface area contributed by atoms with Gasteiger partial charge in [-0.1, -0.05) is 41.9 Å². The summed E-state index contributed by atoms with van der Waals surface area (Å²) >= 11 is 6.20. The van der Waals surface area contributed by atoms with Crippen molar-refractivity contribution in [3.63, 3.8) is 0 Å². The zero-order valence-corrected chi connectivity index (χ0v) is 16.8. The highest BCUT2D eigenvalue weighted by molar-refractivity contribution is 6.33. The number of hydrogen-bond acceptors (Lipinski definition) is 3. The quantitative estimate of drug-likeness (QED) is 0.633. The Labute approximate surface area is 175 Å². The maximum Gasteiger partial charge on any atom is 0.341 e. The van der Waals surface area contributed by atoms with Gasteiger partial charge in [0, 0.05) is 12.2 Å². The van der Waals surface area contributed by atoms with Crippen LogP contribution in [0.3, 0.4) is 0 Å². The number of carboxylic acids is 1. The van der Waals surface area contributed by atoms with Crippen molar-refractivity contribution >= 4 is 40.1 Å². The third-order valence-corrected chi connectivity index (χ3v) is 5.67. The number of amides is 1. The number of anilines is 1. The lowest BCUT2D eigenvalue weighted by atomic mass is 10.0. The first-order valence-corrected chi connectivity index (χ1v) is 9.80. The second kappa shape index (κ2) is 7.57. The minimum Gasteiger partial charge on any atom is -0.477 e. The second-order valence-corrected chi connectivity index (χ2v) is 7.76. The molecule has 0 aliphatic heterocycles. The number of carbonyl (C=O) groups is 2. The first-order valence-electron chi connectivity index (χ1n) is 9.43. The first-order chi connectivity index (χ1) is 14.3. The fourth-order valence-corrected chi connectivity index (χ4v) is 3.79. The van der Waals surface area contributed by atoms with Crippen LogP contribution in [0.2, 0.25) is 5.02 Å². The fourth-order valence-electron chi connectivity index (χ4n) is 3.61. The third-order valence-electron chi connectivity index (χ3n) is 5.22. The number of carboxylic acid groups (broad SMARTS) is 1. The summed E-state index contributed by atoms with van der Waals surface area (Å²) in [5, 5.41) is 11.6. The predicted molar refractivity (Wildman–Crippen MR) is 112 cm³/mol. The van der Waals surface area contributed by atoms with E-state index in [1.165, 1.54) is 6.20 Å². The molecule has 0 unspecified atom stereocenters. The van der Waals surface area contributed by atoms with Crippen LogP contribution in [0, 0.1) is 12.7 Å². The van der Waals surface area contributed by atoms with Crippen LogP contribution in [-0.4, -0.2) is 21.6 Å². The summed E-state index contributed by atoms with van der Waals surface area (Å²) in [5.41, 5.74) is -0.346. The Hall–Kier alpha value is -3.19. The van der Waals surface area contributed by atoms with Crippen LogP contribution in [-0.2, 0) is 11.2 Å². The normalized spacial score (nSPS) is 13.4. The van der Waals surface area contributed by atoms with Crippen LogP contribution in [0.15, 0.2) is 41.3 Å². The van der Waals surface area contributed by atoms with Gasteiger partial charge in [-0.25, -0.2) is 9.18 Å². The second-order valence-electron chi connectivity index (χ2n) is 7.38. The molecule has 0 bridgehead atoms. The van der Waals surface area contributed by atoms with Crippen LogP contribution >= 0.6 is 11.6 Å². The van der Waals surface area contributed by atoms with Crippen molar-refractivity contribution in [1.82, 2.24) is 4.57 Å². The van der Waals surface area contributed by atoms with E-state index in [9.17, 15) is 19.5 Å². The molecule has 0 radical (unpaired) electrons. The van der Waals surface area contributed by atoms with Crippen LogP contribution in [0.4, 0.5) is 10.1 Å². The smallest absolute Gasteiger partial charge is 0.341 e. The molecule has 4 rings (SSSR count). The highest BCUT2D eigenvalue weighted by Crippen LogP contribution is 2.41. The minimum absolute atomic E-state index is 0.000650. The van der Waals surface area contributed by atoms with Gasteiger partial charge in [0.05, 0.1) is 28.0 Å². The Kier molecular flexibility index (Phi) is 5.07. The van der Waals surface area contributed by atoms with Crippen molar-refractivity contribution in [2.45, 2.75) is 32.2 Å². The first kappa shape index (κ1) is 20.1. The molecule has 2 N–H and O–H groups in total. The maximum absolute atomic E-state index is 15.1. The number of aryl methyl sites for hydroxylation is 1. The van der Waals surface area contributed by atoms with Crippen molar-refractivity contribution < 1.29 is 19.1 Å². The van der Waals surface area contributed by atoms with Crippen LogP contribution in [0.25, 0.3) is 10.9 Å². The van der Waals surface area contributed by atoms with Gasteiger partial charge in [-0.2, -0.15) is 0 Å². The van der Waals surface area contributed by atoms with Gasteiger partial charge in [-0.15, -0.1) is 0 Å². The molecule has 1 heterocycles. The van der Waals surface area contributed by atoms with Gasteiger partial charge < -0.3 is 15.0 Å². The molecule has 30 heavy (non-hydrogen) atoms. The molecule has 1 aromatic heterocycles. The summed E-state index contributed by atoms with van der Waals surface area (Å²) in [6, 6.07) is 8.85. The number of aromatic nitrogens is 1. The number of benzene rings is 2. The van der Waals surface area contributed by atoms with Gasteiger partial charge in [-0.3, -0.25) is 9.59 Å². The van der Waals surface area contributed by atoms with Crippen LogP contribution in [0.1, 0.15) is 40.4 Å². The molecule has 1 aliphatic carbocycles. The molecule has 8 heteroatoms. The van der Waals surface area contributed by atoms with E-state index in [-0.39, 0.29) is 28.6 Å². The molecule has 2 aromatic carbocycles. The van der Waals surface area contributed by atoms with Gasteiger partial charge in [0.2, 0.25) is 11.3 Å². The van der Waals surface area contributed by atoms with Gasteiger partial charge in [0.1, 0.15) is 5.56 Å². The van der Waals surface area contributed by atoms with Crippen molar-refractivity contribution in [3.8, 4) is 0 Å². The summed E-state index contributed by atoms with van der Waals surface area (Å²) in [5.74, 6) is -2.91. The van der Waals surface area contributed by atoms with Crippen LogP contribution in [0.5, 0.6) is 0 Å². The highest BCUT2D eigenvalue weighted by atomic mass is 35.5. The minimum atomic E-state index is -1.41. The zero-order chi connectivity index (χ0) is 21.6. The maximum atomic E-state index is 15.1. The molecule has 1 amide bonds. The Morgan fingerprint density at radius 3 is 2.53 bits per heavy atom. The van der Waals surface area contributed by atoms with E-state index in [0.29, 0.717) is 16.6 Å². The van der Waals surface area contributed by atoms with E-state index in [2.05, 4.69) is 5.32 Å². The van der Waals surface area contributed by atoms with Gasteiger partial charge in [0.25, 0.3) is 0 Å². The monoisotopic (exact) mass is 428 g/mol. The van der Waals surface area contributed by atoms with E-state index >= 15 is 4.39 Å². The number of aromatic carboxylic acids is 1. The molecule has 6 nitrogen and oxygen atoms in total. The largest absolute Gasteiger partial charge is 0.477 e. The summed E-state index contributed by atoms with van der Waals surface area (Å²) in [6.45, 7) is 1.57. The fraction of sp³-hybridized carbons (Fsp3) is 0.227. The van der Waals surface area contributed by atoms with Gasteiger partial charge in [-0.05, 0) is 30.9 Å². The number of fused-ring (bicyclic) bond motifs is 1.